The van der Waals surface area contributed by atoms with Gasteiger partial charge in [0, 0.05) is 39.6 Å². The molecule has 1 aliphatic rings. The third-order valence-corrected chi connectivity index (χ3v) is 5.57. The Labute approximate surface area is 184 Å². The van der Waals surface area contributed by atoms with Crippen molar-refractivity contribution >= 4 is 8.07 Å². The number of allylic oxidation sites excluding steroid dienone is 1. The van der Waals surface area contributed by atoms with Crippen LogP contribution >= 0.6 is 0 Å². The molecule has 29 heavy (non-hydrogen) atoms. The summed E-state index contributed by atoms with van der Waals surface area (Å²) in [5.41, 5.74) is 7.40. The van der Waals surface area contributed by atoms with E-state index in [4.69, 9.17) is 11.2 Å². The van der Waals surface area contributed by atoms with Gasteiger partial charge >= 0.3 is 0 Å². The highest BCUT2D eigenvalue weighted by molar-refractivity contribution is 6.76. The van der Waals surface area contributed by atoms with E-state index >= 15 is 0 Å². The van der Waals surface area contributed by atoms with E-state index in [2.05, 4.69) is 26.2 Å². The van der Waals surface area contributed by atoms with Crippen LogP contribution in [0.3, 0.4) is 0 Å². The molecule has 2 aromatic carbocycles. The fourth-order valence-corrected chi connectivity index (χ4v) is 3.35. The van der Waals surface area contributed by atoms with E-state index in [-0.39, 0.29) is 19.4 Å². The molecule has 0 unspecified atom stereocenters. The summed E-state index contributed by atoms with van der Waals surface area (Å²) in [7, 11) is -0.775. The summed E-state index contributed by atoms with van der Waals surface area (Å²) >= 11 is 0. The van der Waals surface area contributed by atoms with E-state index in [1.807, 2.05) is 66.7 Å². The molecule has 3 nitrogen and oxygen atoms in total. The Morgan fingerprint density at radius 2 is 1.52 bits per heavy atom. The van der Waals surface area contributed by atoms with Gasteiger partial charge in [-0.3, -0.25) is 4.90 Å². The van der Waals surface area contributed by atoms with E-state index < -0.39 is 27.2 Å². The Morgan fingerprint density at radius 3 is 1.86 bits per heavy atom. The minimum absolute atomic E-state index is 0.0562. The van der Waals surface area contributed by atoms with Crippen molar-refractivity contribution in [2.45, 2.75) is 57.7 Å². The summed E-state index contributed by atoms with van der Waals surface area (Å²) in [5, 5.41) is 9.56. The average Bonchev–Trinajstić information content (AvgIpc) is 2.71. The van der Waals surface area contributed by atoms with E-state index in [0.29, 0.717) is 6.54 Å². The second kappa shape index (κ2) is 14.3. The quantitative estimate of drug-likeness (QED) is 0.514. The van der Waals surface area contributed by atoms with Crippen LogP contribution < -0.4 is 5.73 Å². The summed E-state index contributed by atoms with van der Waals surface area (Å²) in [6.45, 7) is 7.88. The van der Waals surface area contributed by atoms with Crippen LogP contribution in [0.2, 0.25) is 25.7 Å². The number of nitrogens with two attached hydrogens (primary N) is 1. The highest BCUT2D eigenvalue weighted by Crippen LogP contribution is 2.13. The lowest BCUT2D eigenvalue weighted by Gasteiger charge is -2.29. The minimum atomic E-state index is -1.84. The monoisotopic (exact) mass is 416 g/mol. The Kier molecular flexibility index (Phi) is 9.49. The summed E-state index contributed by atoms with van der Waals surface area (Å²) in [4.78, 5) is 1.20. The largest absolute Gasteiger partial charge is 0.393 e. The van der Waals surface area contributed by atoms with Crippen LogP contribution in [0.4, 0.5) is 0 Å². The molecule has 0 aliphatic carbocycles. The highest BCUT2D eigenvalue weighted by Gasteiger charge is 2.16. The summed E-state index contributed by atoms with van der Waals surface area (Å²) < 4.78 is 31.6. The van der Waals surface area contributed by atoms with Crippen LogP contribution in [0, 0.1) is 0 Å². The van der Waals surface area contributed by atoms with Crippen LogP contribution in [-0.2, 0) is 13.1 Å². The van der Waals surface area contributed by atoms with E-state index in [9.17, 15) is 5.11 Å². The molecular weight excluding hydrogens is 372 g/mol. The smallest absolute Gasteiger partial charge is 0.0564 e. The average molecular weight is 417 g/mol. The van der Waals surface area contributed by atoms with Crippen LogP contribution in [0.1, 0.15) is 29.5 Å². The van der Waals surface area contributed by atoms with E-state index in [1.165, 1.54) is 16.5 Å². The molecule has 0 spiro atoms. The normalized spacial score (nSPS) is 20.3. The van der Waals surface area contributed by atoms with Gasteiger partial charge in [-0.05, 0) is 30.0 Å². The number of likely N-dealkylation sites (tertiary alicyclic amines) is 1. The molecule has 1 aliphatic heterocycles. The third-order valence-electron chi connectivity index (χ3n) is 4.05. The molecule has 3 rings (SSSR count). The van der Waals surface area contributed by atoms with Gasteiger partial charge in [0.2, 0.25) is 0 Å². The molecule has 4 heteroatoms. The summed E-state index contributed by atoms with van der Waals surface area (Å²) in [6.07, 6.45) is 0.979. The molecule has 0 radical (unpaired) electrons. The lowest BCUT2D eigenvalue weighted by molar-refractivity contribution is 0.0792. The Bertz CT molecular complexity index is 796. The van der Waals surface area contributed by atoms with Gasteiger partial charge in [0.05, 0.1) is 6.10 Å². The fraction of sp³-hybridized carbons (Fsp3) is 0.440. The molecule has 1 fully saturated rings. The molecule has 160 valence electrons. The number of hydrogen-bond acceptors (Lipinski definition) is 3. The molecule has 2 aromatic rings. The van der Waals surface area contributed by atoms with Crippen molar-refractivity contribution in [3.8, 4) is 0 Å². The first kappa shape index (κ1) is 19.3. The van der Waals surface area contributed by atoms with Crippen molar-refractivity contribution in [3.05, 3.63) is 84.4 Å². The number of benzene rings is 2. The summed E-state index contributed by atoms with van der Waals surface area (Å²) in [6, 6.07) is 20.5. The number of hydrogen-bond donors (Lipinski definition) is 2. The SMILES string of the molecule is C=CC[Si](C)(C)C.NCc1ccccc1.[2H]C1([2H])CC(O)CC([2H])([2H])N1Cc1ccccc1. The number of aliphatic hydroxyl groups excluding tert-OH is 1. The van der Waals surface area contributed by atoms with Gasteiger partial charge in [0.15, 0.2) is 0 Å². The van der Waals surface area contributed by atoms with Gasteiger partial charge in [-0.25, -0.2) is 0 Å². The van der Waals surface area contributed by atoms with Gasteiger partial charge in [0.1, 0.15) is 0 Å². The van der Waals surface area contributed by atoms with E-state index in [0.717, 1.165) is 5.56 Å². The number of nitrogens with zero attached hydrogens (tertiary/aromatic N) is 1. The molecule has 0 amide bonds. The predicted molar refractivity (Wildman–Crippen MR) is 130 cm³/mol. The van der Waals surface area contributed by atoms with Gasteiger partial charge in [-0.1, -0.05) is 86.4 Å². The highest BCUT2D eigenvalue weighted by atomic mass is 28.3. The first-order valence-electron chi connectivity index (χ1n) is 12.2. The zero-order valence-electron chi connectivity index (χ0n) is 22.1. The van der Waals surface area contributed by atoms with Crippen molar-refractivity contribution in [1.29, 1.82) is 0 Å². The van der Waals surface area contributed by atoms with Crippen molar-refractivity contribution < 1.29 is 10.6 Å². The molecule has 0 bridgehead atoms. The zero-order chi connectivity index (χ0) is 25.1. The van der Waals surface area contributed by atoms with Crippen molar-refractivity contribution in [2.24, 2.45) is 5.73 Å². The third kappa shape index (κ3) is 13.2. The van der Waals surface area contributed by atoms with Crippen LogP contribution in [0.25, 0.3) is 0 Å². The summed E-state index contributed by atoms with van der Waals surface area (Å²) in [5.74, 6) is 0. The maximum atomic E-state index is 9.56. The van der Waals surface area contributed by atoms with Crippen LogP contribution in [-0.4, -0.2) is 37.2 Å². The lowest BCUT2D eigenvalue weighted by atomic mass is 10.1. The second-order valence-electron chi connectivity index (χ2n) is 8.19. The zero-order valence-corrected chi connectivity index (χ0v) is 19.1. The molecule has 1 saturated heterocycles. The molecule has 3 N–H and O–H groups in total. The number of aliphatic hydroxyl groups is 1. The standard InChI is InChI=1S/C12H17NO.C7H9N.C6H14Si/c14-12-6-8-13(9-7-12)10-11-4-2-1-3-5-11;8-6-7-4-2-1-3-5-7;1-5-6-7(2,3)4/h1-5,12,14H,6-10H2;1-5H,6,8H2;5H,1,6H2,2-4H3/i8D2,9D2;;. The van der Waals surface area contributed by atoms with Crippen molar-refractivity contribution in [2.75, 3.05) is 13.0 Å². The van der Waals surface area contributed by atoms with Gasteiger partial charge in [-0.15, -0.1) is 6.58 Å². The first-order chi connectivity index (χ1) is 15.3. The fourth-order valence-electron chi connectivity index (χ4n) is 2.48. The maximum Gasteiger partial charge on any atom is 0.0564 e. The second-order valence-corrected chi connectivity index (χ2v) is 13.7. The Morgan fingerprint density at radius 1 is 1.03 bits per heavy atom. The van der Waals surface area contributed by atoms with Gasteiger partial charge in [-0.2, -0.15) is 0 Å². The molecule has 0 saturated carbocycles. The van der Waals surface area contributed by atoms with Crippen molar-refractivity contribution in [1.82, 2.24) is 4.90 Å². The number of rotatable bonds is 5. The minimum Gasteiger partial charge on any atom is -0.393 e. The van der Waals surface area contributed by atoms with E-state index in [1.54, 1.807) is 0 Å². The molecule has 1 heterocycles. The number of piperidine rings is 1. The Hall–Kier alpha value is -1.72. The van der Waals surface area contributed by atoms with Crippen LogP contribution in [0.15, 0.2) is 73.3 Å². The molecule has 0 aromatic heterocycles. The topological polar surface area (TPSA) is 49.5 Å². The van der Waals surface area contributed by atoms with Crippen LogP contribution in [0.5, 0.6) is 0 Å². The molecular formula is C25H40N2OSi. The first-order valence-corrected chi connectivity index (χ1v) is 13.9. The maximum absolute atomic E-state index is 9.56. The van der Waals surface area contributed by atoms with Gasteiger partial charge in [0.25, 0.3) is 0 Å². The lowest BCUT2D eigenvalue weighted by Crippen LogP contribution is -2.35. The van der Waals surface area contributed by atoms with Gasteiger partial charge < -0.3 is 10.8 Å². The molecule has 0 atom stereocenters. The Balaban J connectivity index is 0.000000300. The van der Waals surface area contributed by atoms with Crippen molar-refractivity contribution in [3.63, 3.8) is 0 Å². The predicted octanol–water partition coefficient (Wildman–Crippen LogP) is 5.30.